The molecule has 34 heavy (non-hydrogen) atoms. The van der Waals surface area contributed by atoms with Crippen LogP contribution < -0.4 is 9.64 Å². The van der Waals surface area contributed by atoms with E-state index in [1.807, 2.05) is 36.9 Å². The summed E-state index contributed by atoms with van der Waals surface area (Å²) < 4.78 is 21.6. The fourth-order valence-electron chi connectivity index (χ4n) is 4.10. The maximum atomic E-state index is 14.5. The molecule has 8 heteroatoms. The highest BCUT2D eigenvalue weighted by atomic mass is 35.5. The van der Waals surface area contributed by atoms with E-state index in [0.29, 0.717) is 46.3 Å². The van der Waals surface area contributed by atoms with E-state index in [9.17, 15) is 4.39 Å². The molecule has 3 aromatic rings. The van der Waals surface area contributed by atoms with Crippen molar-refractivity contribution in [3.63, 3.8) is 0 Å². The summed E-state index contributed by atoms with van der Waals surface area (Å²) in [6.07, 6.45) is 8.98. The molecule has 0 bridgehead atoms. The van der Waals surface area contributed by atoms with Crippen LogP contribution in [0.2, 0.25) is 5.02 Å². The number of ether oxygens (including phenoxy) is 1. The van der Waals surface area contributed by atoms with Gasteiger partial charge in [0.05, 0.1) is 30.4 Å². The van der Waals surface area contributed by atoms with E-state index in [0.717, 1.165) is 17.5 Å². The van der Waals surface area contributed by atoms with Gasteiger partial charge in [-0.05, 0) is 61.9 Å². The molecular formula is C26H29Cl2FN4O. The first-order chi connectivity index (χ1) is 15.8. The number of hydrogen-bond donors (Lipinski definition) is 0. The van der Waals surface area contributed by atoms with E-state index in [1.165, 1.54) is 12.8 Å². The largest absolute Gasteiger partial charge is 0.496 e. The van der Waals surface area contributed by atoms with Crippen LogP contribution in [0.15, 0.2) is 30.3 Å². The number of aryl methyl sites for hydroxylation is 3. The summed E-state index contributed by atoms with van der Waals surface area (Å²) in [5.74, 6) is 5.01. The number of benzene rings is 2. The molecule has 0 N–H and O–H groups in total. The van der Waals surface area contributed by atoms with E-state index in [1.54, 1.807) is 30.8 Å². The van der Waals surface area contributed by atoms with Gasteiger partial charge in [0, 0.05) is 6.07 Å². The van der Waals surface area contributed by atoms with Gasteiger partial charge in [0.15, 0.2) is 0 Å². The summed E-state index contributed by atoms with van der Waals surface area (Å²) in [6, 6.07) is 8.98. The lowest BCUT2D eigenvalue weighted by molar-refractivity contribution is 0.411. The van der Waals surface area contributed by atoms with E-state index >= 15 is 0 Å². The van der Waals surface area contributed by atoms with E-state index in [4.69, 9.17) is 32.8 Å². The molecular weight excluding hydrogens is 474 g/mol. The van der Waals surface area contributed by atoms with Crippen molar-refractivity contribution >= 4 is 30.0 Å². The summed E-state index contributed by atoms with van der Waals surface area (Å²) in [6.45, 7) is 5.91. The molecule has 1 aliphatic carbocycles. The first kappa shape index (κ1) is 25.9. The van der Waals surface area contributed by atoms with Gasteiger partial charge in [-0.15, -0.1) is 23.9 Å². The van der Waals surface area contributed by atoms with Gasteiger partial charge < -0.3 is 9.64 Å². The molecule has 1 atom stereocenters. The highest BCUT2D eigenvalue weighted by Gasteiger charge is 2.32. The molecule has 1 fully saturated rings. The third kappa shape index (κ3) is 5.32. The number of anilines is 1. The molecule has 1 aliphatic rings. The van der Waals surface area contributed by atoms with E-state index < -0.39 is 0 Å². The van der Waals surface area contributed by atoms with Gasteiger partial charge in [0.25, 0.3) is 0 Å². The van der Waals surface area contributed by atoms with Crippen LogP contribution in [0.3, 0.4) is 0 Å². The van der Waals surface area contributed by atoms with Crippen molar-refractivity contribution in [1.82, 2.24) is 14.8 Å². The van der Waals surface area contributed by atoms with Crippen molar-refractivity contribution in [2.75, 3.05) is 18.6 Å². The Kier molecular flexibility index (Phi) is 8.12. The van der Waals surface area contributed by atoms with Gasteiger partial charge in [-0.25, -0.2) is 9.07 Å². The summed E-state index contributed by atoms with van der Waals surface area (Å²) in [5.41, 5.74) is 3.16. The second kappa shape index (κ2) is 10.7. The van der Waals surface area contributed by atoms with E-state index in [-0.39, 0.29) is 24.3 Å². The highest BCUT2D eigenvalue weighted by Crippen LogP contribution is 2.41. The maximum absolute atomic E-state index is 14.5. The second-order valence-corrected chi connectivity index (χ2v) is 9.09. The molecule has 5 nitrogen and oxygen atoms in total. The minimum absolute atomic E-state index is 0. The lowest BCUT2D eigenvalue weighted by Gasteiger charge is -2.30. The normalized spacial score (nSPS) is 13.7. The van der Waals surface area contributed by atoms with Crippen molar-refractivity contribution in [2.45, 2.75) is 46.1 Å². The number of methoxy groups -OCH3 is 1. The number of nitrogens with zero attached hydrogens (tertiary/aromatic N) is 4. The molecule has 1 aromatic heterocycles. The Morgan fingerprint density at radius 3 is 2.59 bits per heavy atom. The van der Waals surface area contributed by atoms with E-state index in [2.05, 4.69) is 5.92 Å². The van der Waals surface area contributed by atoms with Crippen molar-refractivity contribution in [1.29, 1.82) is 0 Å². The first-order valence-corrected chi connectivity index (χ1v) is 11.4. The minimum Gasteiger partial charge on any atom is -0.496 e. The molecule has 0 aliphatic heterocycles. The summed E-state index contributed by atoms with van der Waals surface area (Å²) in [7, 11) is 1.61. The van der Waals surface area contributed by atoms with Crippen LogP contribution in [0.25, 0.3) is 5.69 Å². The number of halogens is 3. The van der Waals surface area contributed by atoms with Crippen LogP contribution in [0.4, 0.5) is 10.3 Å². The average molecular weight is 503 g/mol. The van der Waals surface area contributed by atoms with Gasteiger partial charge in [-0.1, -0.05) is 42.5 Å². The third-order valence-electron chi connectivity index (χ3n) is 6.18. The first-order valence-electron chi connectivity index (χ1n) is 11.1. The van der Waals surface area contributed by atoms with Gasteiger partial charge in [0.2, 0.25) is 5.95 Å². The Balaban J connectivity index is 0.00000324. The SMILES string of the molecule is C#CCN(c1nc(C)n(-c2cc(C)c(OC)cc2Cl)n1)[C@@H](CC1CC1)c1ccc(C)c(F)c1.Cl. The van der Waals surface area contributed by atoms with Crippen molar-refractivity contribution in [3.05, 3.63) is 63.7 Å². The molecule has 0 saturated heterocycles. The quantitative estimate of drug-likeness (QED) is 0.334. The maximum Gasteiger partial charge on any atom is 0.246 e. The molecule has 0 amide bonds. The summed E-state index contributed by atoms with van der Waals surface area (Å²) >= 11 is 6.55. The monoisotopic (exact) mass is 502 g/mol. The number of hydrogen-bond acceptors (Lipinski definition) is 4. The number of rotatable bonds is 8. The molecule has 4 rings (SSSR count). The minimum atomic E-state index is -0.218. The molecule has 0 radical (unpaired) electrons. The fraction of sp³-hybridized carbons (Fsp3) is 0.385. The standard InChI is InChI=1S/C26H28ClFN4O.ClH/c1-6-11-31(23(13-19-8-9-19)20-10-7-16(2)22(28)14-20)26-29-18(4)32(30-26)24-12-17(3)25(33-5)15-21(24)27;/h1,7,10,12,14-15,19,23H,8-9,11,13H2,2-5H3;1H/t23-;/m0./s1. The Labute approximate surface area is 211 Å². The predicted molar refractivity (Wildman–Crippen MR) is 137 cm³/mol. The third-order valence-corrected chi connectivity index (χ3v) is 6.48. The molecule has 0 spiro atoms. The van der Waals surface area contributed by atoms with Crippen LogP contribution >= 0.6 is 24.0 Å². The van der Waals surface area contributed by atoms with Gasteiger partial charge in [-0.3, -0.25) is 0 Å². The van der Waals surface area contributed by atoms with Crippen molar-refractivity contribution in [2.24, 2.45) is 5.92 Å². The van der Waals surface area contributed by atoms with Crippen LogP contribution in [-0.4, -0.2) is 28.4 Å². The topological polar surface area (TPSA) is 43.2 Å². The fourth-order valence-corrected chi connectivity index (χ4v) is 4.34. The molecule has 180 valence electrons. The number of terminal acetylenes is 1. The van der Waals surface area contributed by atoms with Crippen LogP contribution in [0.5, 0.6) is 5.75 Å². The molecule has 2 aromatic carbocycles. The van der Waals surface area contributed by atoms with Gasteiger partial charge in [-0.2, -0.15) is 4.98 Å². The van der Waals surface area contributed by atoms with Crippen molar-refractivity contribution in [3.8, 4) is 23.8 Å². The Morgan fingerprint density at radius 2 is 1.97 bits per heavy atom. The lowest BCUT2D eigenvalue weighted by atomic mass is 9.98. The second-order valence-electron chi connectivity index (χ2n) is 8.68. The predicted octanol–water partition coefficient (Wildman–Crippen LogP) is 6.40. The molecule has 0 unspecified atom stereocenters. The zero-order valence-corrected chi connectivity index (χ0v) is 21.4. The number of aromatic nitrogens is 3. The Morgan fingerprint density at radius 1 is 1.24 bits per heavy atom. The van der Waals surface area contributed by atoms with Crippen LogP contribution in [-0.2, 0) is 0 Å². The van der Waals surface area contributed by atoms with Crippen LogP contribution in [0.1, 0.15) is 47.8 Å². The lowest BCUT2D eigenvalue weighted by Crippen LogP contribution is -2.31. The Hall–Kier alpha value is -2.75. The summed E-state index contributed by atoms with van der Waals surface area (Å²) in [4.78, 5) is 6.73. The smallest absolute Gasteiger partial charge is 0.246 e. The average Bonchev–Trinajstić information content (AvgIpc) is 3.53. The van der Waals surface area contributed by atoms with Crippen molar-refractivity contribution < 1.29 is 9.13 Å². The van der Waals surface area contributed by atoms with Gasteiger partial charge >= 0.3 is 0 Å². The highest BCUT2D eigenvalue weighted by molar-refractivity contribution is 6.32. The van der Waals surface area contributed by atoms with Crippen LogP contribution in [0, 0.1) is 44.9 Å². The zero-order chi connectivity index (χ0) is 23.7. The zero-order valence-electron chi connectivity index (χ0n) is 19.8. The van der Waals surface area contributed by atoms with Gasteiger partial charge in [0.1, 0.15) is 17.4 Å². The Bertz CT molecular complexity index is 1220. The molecule has 1 saturated carbocycles. The molecule has 1 heterocycles. The summed E-state index contributed by atoms with van der Waals surface area (Å²) in [5, 5.41) is 5.30.